The first-order valence-corrected chi connectivity index (χ1v) is 33.5. The fraction of sp³-hybridized carbons (Fsp3) is 0.536. The molecule has 2 aromatic carbocycles. The Bertz CT molecular complexity index is 3020. The minimum Gasteiger partial charge on any atom is -0.476 e. The zero-order chi connectivity index (χ0) is 52.6. The number of nitrogen functional groups attached to an aromatic ring is 1. The van der Waals surface area contributed by atoms with Gasteiger partial charge >= 0.3 is 5.97 Å². The molecule has 0 spiro atoms. The third-order valence-electron chi connectivity index (χ3n) is 17.0. The van der Waals surface area contributed by atoms with Crippen LogP contribution in [0.25, 0.3) is 0 Å². The van der Waals surface area contributed by atoms with E-state index in [0.29, 0.717) is 58.3 Å². The average molecular weight is 1080 g/mol. The Morgan fingerprint density at radius 2 is 1.35 bits per heavy atom. The molecule has 19 heteroatoms. The Morgan fingerprint density at radius 3 is 1.89 bits per heavy atom. The SMILES string of the molecule is CC12Cc3[nH]nc(C(=O)Nc4cnn(C(c5ccccc5)C5CCS(=O)CC5)c4)c3CC1C2.CC12Cc3c(c(C(=O)O)nn3COCC[Si](C)(C)C)CC1C2.Nc1cnn(C(c2ccccc2)C2CCS(=O)CC2)c1. The molecule has 4 aromatic heterocycles. The minimum absolute atomic E-state index is 0.0554. The maximum absolute atomic E-state index is 13.1. The highest BCUT2D eigenvalue weighted by Gasteiger charge is 2.55. The molecule has 2 saturated carbocycles. The number of fused-ring (bicyclic) bond motifs is 4. The third kappa shape index (κ3) is 12.2. The smallest absolute Gasteiger partial charge is 0.356 e. The number of aromatic amines is 1. The Morgan fingerprint density at radius 1 is 0.800 bits per heavy atom. The molecule has 6 aromatic rings. The standard InChI is InChI=1S/C25H29N5O2S.C16H26N2O3Si.C15H19N3OS/c1-25-12-18(25)11-20-21(13-25)28-29-22(20)24(31)27-19-14-26-30(15-19)23(16-5-3-2-4-6-16)17-7-9-33(32)10-8-17;1-16-8-11(16)7-12-13(9-16)18(17-14(12)15(19)20)10-21-5-6-22(2,3)4;16-14-10-17-18(11-14)15(12-4-2-1-3-5-12)13-6-8-20(19)9-7-13/h2-6,14-15,17-18,23H,7-13H2,1H3,(H,27,31)(H,28,29);11H,5-10H2,1-4H3,(H,19,20);1-5,10-11,13,15H,6-9,16H2. The highest BCUT2D eigenvalue weighted by atomic mass is 32.2. The molecule has 400 valence electrons. The van der Waals surface area contributed by atoms with Gasteiger partial charge in [-0.1, -0.05) is 94.2 Å². The van der Waals surface area contributed by atoms with Crippen molar-refractivity contribution in [1.82, 2.24) is 39.5 Å². The molecule has 16 nitrogen and oxygen atoms in total. The van der Waals surface area contributed by atoms with E-state index >= 15 is 0 Å². The molecule has 0 bridgehead atoms. The largest absolute Gasteiger partial charge is 0.476 e. The number of amides is 1. The predicted molar refractivity (Wildman–Crippen MR) is 296 cm³/mol. The summed E-state index contributed by atoms with van der Waals surface area (Å²) in [6, 6.07) is 22.1. The fourth-order valence-electron chi connectivity index (χ4n) is 12.2. The monoisotopic (exact) mass is 1070 g/mol. The van der Waals surface area contributed by atoms with Gasteiger partial charge < -0.3 is 20.9 Å². The van der Waals surface area contributed by atoms with E-state index in [-0.39, 0.29) is 23.7 Å². The predicted octanol–water partition coefficient (Wildman–Crippen LogP) is 8.96. The Kier molecular flexibility index (Phi) is 15.4. The summed E-state index contributed by atoms with van der Waals surface area (Å²) >= 11 is 0. The van der Waals surface area contributed by atoms with Gasteiger partial charge in [-0.2, -0.15) is 20.4 Å². The van der Waals surface area contributed by atoms with Crippen LogP contribution in [0.4, 0.5) is 11.4 Å². The van der Waals surface area contributed by atoms with Gasteiger partial charge in [-0.15, -0.1) is 0 Å². The maximum Gasteiger partial charge on any atom is 0.356 e. The molecule has 1 amide bonds. The maximum atomic E-state index is 13.1. The lowest BCUT2D eigenvalue weighted by molar-refractivity contribution is 0.0667. The van der Waals surface area contributed by atoms with Crippen molar-refractivity contribution in [2.45, 2.75) is 123 Å². The van der Waals surface area contributed by atoms with Crippen molar-refractivity contribution in [2.24, 2.45) is 34.5 Å². The van der Waals surface area contributed by atoms with Crippen LogP contribution in [-0.4, -0.2) is 103 Å². The number of nitrogens with two attached hydrogens (primary N) is 1. The van der Waals surface area contributed by atoms with Crippen LogP contribution in [0.15, 0.2) is 85.5 Å². The number of nitrogens with zero attached hydrogens (tertiary/aromatic N) is 7. The fourth-order valence-corrected chi connectivity index (χ4v) is 15.6. The van der Waals surface area contributed by atoms with E-state index in [9.17, 15) is 23.1 Å². The van der Waals surface area contributed by atoms with Gasteiger partial charge in [-0.25, -0.2) is 9.48 Å². The molecule has 6 aliphatic rings. The van der Waals surface area contributed by atoms with Crippen LogP contribution in [0.1, 0.15) is 119 Å². The third-order valence-corrected chi connectivity index (χ3v) is 21.4. The van der Waals surface area contributed by atoms with Crippen LogP contribution in [0.2, 0.25) is 25.7 Å². The Hall–Kier alpha value is -5.50. The zero-order valence-electron chi connectivity index (χ0n) is 44.1. The van der Waals surface area contributed by atoms with Crippen LogP contribution >= 0.6 is 0 Å². The van der Waals surface area contributed by atoms with Gasteiger partial charge in [0.05, 0.1) is 35.9 Å². The normalized spacial score (nSPS) is 27.1. The van der Waals surface area contributed by atoms with Gasteiger partial charge in [-0.3, -0.25) is 27.7 Å². The summed E-state index contributed by atoms with van der Waals surface area (Å²) in [6.45, 7) is 12.7. The van der Waals surface area contributed by atoms with Gasteiger partial charge in [-0.05, 0) is 116 Å². The molecule has 6 atom stereocenters. The Labute approximate surface area is 446 Å². The van der Waals surface area contributed by atoms with Crippen molar-refractivity contribution in [3.05, 3.63) is 130 Å². The van der Waals surface area contributed by atoms with Gasteiger partial charge in [0.2, 0.25) is 0 Å². The number of benzene rings is 2. The number of hydrogen-bond acceptors (Lipinski definition) is 10. The second-order valence-electron chi connectivity index (χ2n) is 23.8. The molecule has 0 radical (unpaired) electrons. The number of ether oxygens (including phenoxy) is 1. The first-order chi connectivity index (χ1) is 35.9. The number of rotatable bonds is 14. The molecule has 5 N–H and O–H groups in total. The van der Waals surface area contributed by atoms with E-state index in [1.54, 1.807) is 17.1 Å². The number of carboxylic acid groups (broad SMARTS) is 1. The summed E-state index contributed by atoms with van der Waals surface area (Å²) in [5.74, 6) is 4.12. The minimum atomic E-state index is -1.10. The quantitative estimate of drug-likeness (QED) is 0.0596. The van der Waals surface area contributed by atoms with Crippen LogP contribution in [0.5, 0.6) is 0 Å². The number of anilines is 2. The molecule has 75 heavy (non-hydrogen) atoms. The number of hydrogen-bond donors (Lipinski definition) is 4. The summed E-state index contributed by atoms with van der Waals surface area (Å²) < 4.78 is 35.0. The summed E-state index contributed by atoms with van der Waals surface area (Å²) in [5.41, 5.74) is 15.3. The molecule has 6 heterocycles. The molecular formula is C56H74N10O6S2Si. The first-order valence-electron chi connectivity index (χ1n) is 26.8. The van der Waals surface area contributed by atoms with E-state index in [1.807, 2.05) is 46.0 Å². The first kappa shape index (κ1) is 52.9. The molecular weight excluding hydrogens is 1000 g/mol. The molecule has 6 unspecified atom stereocenters. The number of nitrogens with one attached hydrogen (secondary N) is 2. The lowest BCUT2D eigenvalue weighted by Crippen LogP contribution is -2.28. The van der Waals surface area contributed by atoms with Gasteiger partial charge in [0, 0.05) is 94.2 Å². The van der Waals surface area contributed by atoms with Crippen molar-refractivity contribution in [3.63, 3.8) is 0 Å². The van der Waals surface area contributed by atoms with Crippen molar-refractivity contribution >= 4 is 52.9 Å². The second kappa shape index (κ2) is 21.9. The Balaban J connectivity index is 0.000000134. The summed E-state index contributed by atoms with van der Waals surface area (Å²) in [7, 11) is -2.45. The number of carbonyl (C=O) groups excluding carboxylic acids is 1. The van der Waals surface area contributed by atoms with Crippen molar-refractivity contribution < 1.29 is 27.9 Å². The molecule has 12 rings (SSSR count). The van der Waals surface area contributed by atoms with E-state index in [0.717, 1.165) is 110 Å². The van der Waals surface area contributed by atoms with E-state index < -0.39 is 35.6 Å². The number of aromatic carboxylic acids is 1. The summed E-state index contributed by atoms with van der Waals surface area (Å²) in [4.78, 5) is 24.5. The average Bonchev–Trinajstić information content (AvgIpc) is 3.76. The van der Waals surface area contributed by atoms with E-state index in [1.165, 1.54) is 24.0 Å². The van der Waals surface area contributed by atoms with Gasteiger partial charge in [0.15, 0.2) is 11.4 Å². The van der Waals surface area contributed by atoms with Crippen molar-refractivity contribution in [2.75, 3.05) is 40.7 Å². The lowest BCUT2D eigenvalue weighted by atomic mass is 9.87. The lowest BCUT2D eigenvalue weighted by Gasteiger charge is -2.30. The summed E-state index contributed by atoms with van der Waals surface area (Å²) in [6.07, 6.45) is 17.1. The van der Waals surface area contributed by atoms with Crippen LogP contribution in [-0.2, 0) is 58.8 Å². The molecule has 2 saturated heterocycles. The van der Waals surface area contributed by atoms with Crippen molar-refractivity contribution in [1.29, 1.82) is 0 Å². The van der Waals surface area contributed by atoms with Gasteiger partial charge in [0.1, 0.15) is 6.73 Å². The van der Waals surface area contributed by atoms with Crippen molar-refractivity contribution in [3.8, 4) is 0 Å². The molecule has 4 aliphatic carbocycles. The topological polar surface area (TPSA) is 218 Å². The highest BCUT2D eigenvalue weighted by molar-refractivity contribution is 7.85. The van der Waals surface area contributed by atoms with Gasteiger partial charge in [0.25, 0.3) is 5.91 Å². The highest BCUT2D eigenvalue weighted by Crippen LogP contribution is 2.60. The number of carbonyl (C=O) groups is 2. The second-order valence-corrected chi connectivity index (χ2v) is 32.8. The molecule has 4 fully saturated rings. The molecule has 2 aliphatic heterocycles. The summed E-state index contributed by atoms with van der Waals surface area (Å²) in [5, 5.41) is 33.2. The zero-order valence-corrected chi connectivity index (χ0v) is 46.7. The van der Waals surface area contributed by atoms with E-state index in [4.69, 9.17) is 10.5 Å². The van der Waals surface area contributed by atoms with E-state index in [2.05, 4.69) is 101 Å². The van der Waals surface area contributed by atoms with Crippen LogP contribution in [0.3, 0.4) is 0 Å². The number of carboxylic acids is 1. The van der Waals surface area contributed by atoms with Crippen LogP contribution < -0.4 is 11.1 Å². The van der Waals surface area contributed by atoms with Crippen LogP contribution in [0, 0.1) is 34.5 Å². The number of H-pyrrole nitrogens is 1. The number of aromatic nitrogens is 8.